The second kappa shape index (κ2) is 7.92. The highest BCUT2D eigenvalue weighted by molar-refractivity contribution is 5.96. The first-order valence-corrected chi connectivity index (χ1v) is 6.26. The summed E-state index contributed by atoms with van der Waals surface area (Å²) in [5.41, 5.74) is 0.423. The van der Waals surface area contributed by atoms with Gasteiger partial charge in [0.25, 0.3) is 5.91 Å². The fourth-order valence-corrected chi connectivity index (χ4v) is 1.85. The van der Waals surface area contributed by atoms with Gasteiger partial charge in [-0.1, -0.05) is 0 Å². The first-order valence-electron chi connectivity index (χ1n) is 6.26. The van der Waals surface area contributed by atoms with Crippen LogP contribution >= 0.6 is 12.4 Å². The lowest BCUT2D eigenvalue weighted by Crippen LogP contribution is -2.45. The molecule has 0 aromatic heterocycles. The van der Waals surface area contributed by atoms with Crippen molar-refractivity contribution < 1.29 is 18.7 Å². The molecule has 116 valence electrons. The summed E-state index contributed by atoms with van der Waals surface area (Å²) in [6.07, 6.45) is -0.571. The van der Waals surface area contributed by atoms with E-state index in [-0.39, 0.29) is 29.9 Å². The number of ether oxygens (including phenoxy) is 1. The molecule has 1 saturated heterocycles. The molecule has 1 aromatic carbocycles. The van der Waals surface area contributed by atoms with Crippen molar-refractivity contribution in [2.45, 2.75) is 13.0 Å². The Bertz CT molecular complexity index is 521. The molecule has 0 radical (unpaired) electrons. The summed E-state index contributed by atoms with van der Waals surface area (Å²) in [5, 5.41) is 8.03. The van der Waals surface area contributed by atoms with E-state index in [9.17, 15) is 14.0 Å². The predicted octanol–water partition coefficient (Wildman–Crippen LogP) is 1.13. The summed E-state index contributed by atoms with van der Waals surface area (Å²) in [6, 6.07) is 3.97. The van der Waals surface area contributed by atoms with Gasteiger partial charge in [0, 0.05) is 25.7 Å². The summed E-state index contributed by atoms with van der Waals surface area (Å²) in [4.78, 5) is 22.9. The lowest BCUT2D eigenvalue weighted by atomic mass is 10.2. The molecule has 1 heterocycles. The van der Waals surface area contributed by atoms with Gasteiger partial charge in [-0.2, -0.15) is 0 Å². The van der Waals surface area contributed by atoms with Gasteiger partial charge in [-0.25, -0.2) is 4.39 Å². The van der Waals surface area contributed by atoms with E-state index in [1.54, 1.807) is 0 Å². The summed E-state index contributed by atoms with van der Waals surface area (Å²) in [7, 11) is 0. The van der Waals surface area contributed by atoms with Crippen LogP contribution in [0, 0.1) is 5.82 Å². The number of halogens is 2. The summed E-state index contributed by atoms with van der Waals surface area (Å²) >= 11 is 0. The Balaban J connectivity index is 0.00000220. The Morgan fingerprint density at radius 2 is 2.14 bits per heavy atom. The monoisotopic (exact) mass is 317 g/mol. The van der Waals surface area contributed by atoms with Crippen LogP contribution in [0.1, 0.15) is 6.92 Å². The summed E-state index contributed by atoms with van der Waals surface area (Å²) in [5.74, 6) is -1.25. The zero-order valence-corrected chi connectivity index (χ0v) is 12.3. The molecular weight excluding hydrogens is 301 g/mol. The average molecular weight is 318 g/mol. The number of nitrogens with one attached hydrogen (secondary N) is 3. The predicted molar refractivity (Wildman–Crippen MR) is 79.2 cm³/mol. The molecule has 2 rings (SSSR count). The molecule has 1 atom stereocenters. The normalized spacial score (nSPS) is 17.5. The minimum absolute atomic E-state index is 0. The number of rotatable bonds is 3. The Morgan fingerprint density at radius 1 is 1.38 bits per heavy atom. The Kier molecular flexibility index (Phi) is 6.54. The van der Waals surface area contributed by atoms with E-state index in [0.29, 0.717) is 25.4 Å². The molecular formula is C13H17ClFN3O3. The molecule has 0 aliphatic carbocycles. The first-order chi connectivity index (χ1) is 9.56. The van der Waals surface area contributed by atoms with Gasteiger partial charge in [-0.05, 0) is 18.2 Å². The fraction of sp³-hybridized carbons (Fsp3) is 0.385. The van der Waals surface area contributed by atoms with Gasteiger partial charge >= 0.3 is 0 Å². The molecule has 2 amide bonds. The lowest BCUT2D eigenvalue weighted by molar-refractivity contribution is -0.128. The van der Waals surface area contributed by atoms with Gasteiger partial charge in [0.1, 0.15) is 11.9 Å². The number of benzene rings is 1. The molecule has 0 bridgehead atoms. The number of carbonyl (C=O) groups excluding carboxylic acids is 2. The smallest absolute Gasteiger partial charge is 0.254 e. The van der Waals surface area contributed by atoms with Gasteiger partial charge in [0.15, 0.2) is 0 Å². The van der Waals surface area contributed by atoms with Crippen LogP contribution in [0.5, 0.6) is 0 Å². The molecule has 6 nitrogen and oxygen atoms in total. The highest BCUT2D eigenvalue weighted by Crippen LogP contribution is 2.20. The second-order valence-corrected chi connectivity index (χ2v) is 4.43. The van der Waals surface area contributed by atoms with Crippen LogP contribution in [0.15, 0.2) is 18.2 Å². The fourth-order valence-electron chi connectivity index (χ4n) is 1.85. The topological polar surface area (TPSA) is 79.5 Å². The number of anilines is 2. The van der Waals surface area contributed by atoms with E-state index >= 15 is 0 Å². The van der Waals surface area contributed by atoms with Crippen LogP contribution in [0.25, 0.3) is 0 Å². The maximum absolute atomic E-state index is 13.5. The summed E-state index contributed by atoms with van der Waals surface area (Å²) < 4.78 is 18.8. The third-order valence-corrected chi connectivity index (χ3v) is 2.76. The van der Waals surface area contributed by atoms with E-state index < -0.39 is 11.9 Å². The molecule has 1 aliphatic heterocycles. The van der Waals surface area contributed by atoms with Crippen molar-refractivity contribution >= 4 is 35.6 Å². The SMILES string of the molecule is CC(=O)Nc1cc(NC(=O)C2CNCCO2)ccc1F.Cl. The van der Waals surface area contributed by atoms with Crippen molar-refractivity contribution in [3.05, 3.63) is 24.0 Å². The Labute approximate surface area is 127 Å². The van der Waals surface area contributed by atoms with Crippen molar-refractivity contribution in [1.82, 2.24) is 5.32 Å². The van der Waals surface area contributed by atoms with Gasteiger partial charge in [0.05, 0.1) is 12.3 Å². The minimum atomic E-state index is -0.571. The highest BCUT2D eigenvalue weighted by Gasteiger charge is 2.21. The lowest BCUT2D eigenvalue weighted by Gasteiger charge is -2.22. The molecule has 0 saturated carbocycles. The zero-order chi connectivity index (χ0) is 14.5. The average Bonchev–Trinajstić information content (AvgIpc) is 2.43. The van der Waals surface area contributed by atoms with E-state index in [4.69, 9.17) is 4.74 Å². The van der Waals surface area contributed by atoms with Crippen molar-refractivity contribution in [3.63, 3.8) is 0 Å². The maximum atomic E-state index is 13.5. The van der Waals surface area contributed by atoms with E-state index in [2.05, 4.69) is 16.0 Å². The number of amides is 2. The van der Waals surface area contributed by atoms with Crippen molar-refractivity contribution in [2.75, 3.05) is 30.3 Å². The van der Waals surface area contributed by atoms with Crippen LogP contribution in [-0.2, 0) is 14.3 Å². The van der Waals surface area contributed by atoms with Gasteiger partial charge in [0.2, 0.25) is 5.91 Å². The number of hydrogen-bond donors (Lipinski definition) is 3. The summed E-state index contributed by atoms with van der Waals surface area (Å²) in [6.45, 7) is 2.91. The van der Waals surface area contributed by atoms with Gasteiger partial charge < -0.3 is 20.7 Å². The third kappa shape index (κ3) is 4.96. The van der Waals surface area contributed by atoms with Crippen LogP contribution in [0.4, 0.5) is 15.8 Å². The molecule has 1 unspecified atom stereocenters. The van der Waals surface area contributed by atoms with Crippen LogP contribution in [0.3, 0.4) is 0 Å². The largest absolute Gasteiger partial charge is 0.366 e. The van der Waals surface area contributed by atoms with Crippen LogP contribution < -0.4 is 16.0 Å². The van der Waals surface area contributed by atoms with Crippen LogP contribution in [-0.4, -0.2) is 37.6 Å². The molecule has 8 heteroatoms. The Morgan fingerprint density at radius 3 is 2.76 bits per heavy atom. The van der Waals surface area contributed by atoms with Crippen molar-refractivity contribution in [2.24, 2.45) is 0 Å². The van der Waals surface area contributed by atoms with E-state index in [0.717, 1.165) is 0 Å². The molecule has 1 aromatic rings. The molecule has 1 aliphatic rings. The molecule has 21 heavy (non-hydrogen) atoms. The first kappa shape index (κ1) is 17.4. The van der Waals surface area contributed by atoms with Gasteiger partial charge in [-0.3, -0.25) is 9.59 Å². The third-order valence-electron chi connectivity index (χ3n) is 2.76. The number of morpholine rings is 1. The van der Waals surface area contributed by atoms with E-state index in [1.165, 1.54) is 25.1 Å². The zero-order valence-electron chi connectivity index (χ0n) is 11.4. The molecule has 1 fully saturated rings. The standard InChI is InChI=1S/C13H16FN3O3.ClH/c1-8(18)16-11-6-9(2-3-10(11)14)17-13(19)12-7-15-4-5-20-12;/h2-3,6,12,15H,4-5,7H2,1H3,(H,16,18)(H,17,19);1H. The van der Waals surface area contributed by atoms with Gasteiger partial charge in [-0.15, -0.1) is 12.4 Å². The minimum Gasteiger partial charge on any atom is -0.366 e. The highest BCUT2D eigenvalue weighted by atomic mass is 35.5. The van der Waals surface area contributed by atoms with Crippen molar-refractivity contribution in [1.29, 1.82) is 0 Å². The molecule has 0 spiro atoms. The second-order valence-electron chi connectivity index (χ2n) is 4.43. The van der Waals surface area contributed by atoms with Crippen molar-refractivity contribution in [3.8, 4) is 0 Å². The quantitative estimate of drug-likeness (QED) is 0.781. The maximum Gasteiger partial charge on any atom is 0.254 e. The number of hydrogen-bond acceptors (Lipinski definition) is 4. The van der Waals surface area contributed by atoms with E-state index in [1.807, 2.05) is 0 Å². The Hall–Kier alpha value is -1.70. The number of carbonyl (C=O) groups is 2. The van der Waals surface area contributed by atoms with Crippen LogP contribution in [0.2, 0.25) is 0 Å². The molecule has 3 N–H and O–H groups in total.